The van der Waals surface area contributed by atoms with Gasteiger partial charge in [-0.3, -0.25) is 0 Å². The first-order valence-electron chi connectivity index (χ1n) is 17.2. The van der Waals surface area contributed by atoms with Crippen LogP contribution in [0, 0.1) is 0 Å². The largest absolute Gasteiger partial charge is 0.309 e. The average molecular weight is 651 g/mol. The first-order chi connectivity index (χ1) is 25.3. The predicted molar refractivity (Wildman–Crippen MR) is 211 cm³/mol. The summed E-state index contributed by atoms with van der Waals surface area (Å²) in [5, 5.41) is 6.99. The Labute approximate surface area is 295 Å². The van der Waals surface area contributed by atoms with Gasteiger partial charge in [0.05, 0.1) is 16.7 Å². The van der Waals surface area contributed by atoms with E-state index in [1.807, 2.05) is 24.3 Å². The van der Waals surface area contributed by atoms with Crippen molar-refractivity contribution in [3.05, 3.63) is 182 Å². The summed E-state index contributed by atoms with van der Waals surface area (Å²) >= 11 is 0. The third kappa shape index (κ3) is 4.96. The molecule has 0 aliphatic carbocycles. The molecule has 51 heavy (non-hydrogen) atoms. The summed E-state index contributed by atoms with van der Waals surface area (Å²) in [4.78, 5) is 15.4. The maximum absolute atomic E-state index is 5.20. The first-order valence-corrected chi connectivity index (χ1v) is 17.2. The molecule has 0 saturated carbocycles. The SMILES string of the molecule is c1ccc(-c2ccc3ccc(-c4nc(-c5ccccc5)nc(-c5cccc6c(-n7c8ccccc8c8ccccc87)cccc56)n4)cc3c2)cc1. The van der Waals surface area contributed by atoms with Gasteiger partial charge in [0, 0.05) is 32.8 Å². The molecule has 0 N–H and O–H groups in total. The van der Waals surface area contributed by atoms with Crippen LogP contribution in [0.5, 0.6) is 0 Å². The Balaban J connectivity index is 1.17. The molecule has 0 unspecified atom stereocenters. The van der Waals surface area contributed by atoms with E-state index in [0.717, 1.165) is 38.5 Å². The lowest BCUT2D eigenvalue weighted by Gasteiger charge is -2.14. The van der Waals surface area contributed by atoms with Gasteiger partial charge in [-0.25, -0.2) is 15.0 Å². The van der Waals surface area contributed by atoms with Crippen LogP contribution in [-0.2, 0) is 0 Å². The monoisotopic (exact) mass is 650 g/mol. The minimum atomic E-state index is 0.640. The quantitative estimate of drug-likeness (QED) is 0.186. The van der Waals surface area contributed by atoms with E-state index >= 15 is 0 Å². The van der Waals surface area contributed by atoms with Crippen molar-refractivity contribution in [1.82, 2.24) is 19.5 Å². The molecular formula is C47H30N4. The Morgan fingerprint density at radius 3 is 1.57 bits per heavy atom. The van der Waals surface area contributed by atoms with Gasteiger partial charge in [-0.2, -0.15) is 0 Å². The second kappa shape index (κ2) is 11.9. The number of hydrogen-bond acceptors (Lipinski definition) is 3. The van der Waals surface area contributed by atoms with Crippen molar-refractivity contribution in [2.75, 3.05) is 0 Å². The summed E-state index contributed by atoms with van der Waals surface area (Å²) < 4.78 is 2.38. The molecule has 0 spiro atoms. The van der Waals surface area contributed by atoms with Crippen LogP contribution < -0.4 is 0 Å². The highest BCUT2D eigenvalue weighted by molar-refractivity contribution is 6.11. The van der Waals surface area contributed by atoms with E-state index in [9.17, 15) is 0 Å². The van der Waals surface area contributed by atoms with Crippen LogP contribution in [0.25, 0.3) is 94.3 Å². The van der Waals surface area contributed by atoms with Crippen LogP contribution in [0.15, 0.2) is 182 Å². The molecule has 0 bridgehead atoms. The molecule has 10 aromatic rings. The van der Waals surface area contributed by atoms with E-state index in [2.05, 4.69) is 162 Å². The molecule has 4 nitrogen and oxygen atoms in total. The van der Waals surface area contributed by atoms with Gasteiger partial charge < -0.3 is 4.57 Å². The average Bonchev–Trinajstić information content (AvgIpc) is 3.54. The van der Waals surface area contributed by atoms with E-state index in [-0.39, 0.29) is 0 Å². The molecule has 10 rings (SSSR count). The fraction of sp³-hybridized carbons (Fsp3) is 0. The number of nitrogens with zero attached hydrogens (tertiary/aromatic N) is 4. The van der Waals surface area contributed by atoms with Gasteiger partial charge in [0.25, 0.3) is 0 Å². The maximum Gasteiger partial charge on any atom is 0.164 e. The van der Waals surface area contributed by atoms with Crippen molar-refractivity contribution >= 4 is 43.4 Å². The lowest BCUT2D eigenvalue weighted by Crippen LogP contribution is -2.01. The van der Waals surface area contributed by atoms with Gasteiger partial charge >= 0.3 is 0 Å². The molecule has 2 heterocycles. The van der Waals surface area contributed by atoms with E-state index in [1.165, 1.54) is 38.3 Å². The summed E-state index contributed by atoms with van der Waals surface area (Å²) in [7, 11) is 0. The smallest absolute Gasteiger partial charge is 0.164 e. The van der Waals surface area contributed by atoms with Gasteiger partial charge in [-0.1, -0.05) is 152 Å². The van der Waals surface area contributed by atoms with Gasteiger partial charge in [0.2, 0.25) is 0 Å². The minimum Gasteiger partial charge on any atom is -0.309 e. The van der Waals surface area contributed by atoms with E-state index in [0.29, 0.717) is 17.5 Å². The summed E-state index contributed by atoms with van der Waals surface area (Å²) in [5.41, 5.74) is 8.69. The standard InChI is InChI=1S/C47H30N4/c1-3-13-31(14-4-1)34-27-25-32-26-28-35(30-36(32)29-34)46-48-45(33-15-5-2-6-16-33)49-47(50-46)41-21-11-20-38-37(41)19-12-24-44(38)51-42-22-9-7-17-39(42)40-18-8-10-23-43(40)51/h1-30H. The van der Waals surface area contributed by atoms with E-state index < -0.39 is 0 Å². The Bertz CT molecular complexity index is 2860. The zero-order valence-electron chi connectivity index (χ0n) is 27.6. The molecule has 0 radical (unpaired) electrons. The van der Waals surface area contributed by atoms with Gasteiger partial charge in [-0.05, 0) is 57.6 Å². The Morgan fingerprint density at radius 1 is 0.314 bits per heavy atom. The Kier molecular flexibility index (Phi) is 6.78. The number of para-hydroxylation sites is 2. The van der Waals surface area contributed by atoms with Crippen LogP contribution >= 0.6 is 0 Å². The van der Waals surface area contributed by atoms with Gasteiger partial charge in [-0.15, -0.1) is 0 Å². The normalized spacial score (nSPS) is 11.5. The highest BCUT2D eigenvalue weighted by atomic mass is 15.0. The minimum absolute atomic E-state index is 0.640. The molecule has 0 aliphatic heterocycles. The Hall–Kier alpha value is -6.91. The third-order valence-electron chi connectivity index (χ3n) is 9.83. The lowest BCUT2D eigenvalue weighted by atomic mass is 9.99. The summed E-state index contributed by atoms with van der Waals surface area (Å²) in [6.45, 7) is 0. The molecule has 0 aliphatic rings. The van der Waals surface area contributed by atoms with Crippen molar-refractivity contribution in [2.24, 2.45) is 0 Å². The Morgan fingerprint density at radius 2 is 0.843 bits per heavy atom. The lowest BCUT2D eigenvalue weighted by molar-refractivity contribution is 1.08. The molecule has 0 saturated heterocycles. The summed E-state index contributed by atoms with van der Waals surface area (Å²) in [6.07, 6.45) is 0. The molecule has 0 amide bonds. The number of hydrogen-bond donors (Lipinski definition) is 0. The predicted octanol–water partition coefficient (Wildman–Crippen LogP) is 11.9. The van der Waals surface area contributed by atoms with E-state index in [4.69, 9.17) is 15.0 Å². The van der Waals surface area contributed by atoms with Crippen molar-refractivity contribution in [3.63, 3.8) is 0 Å². The van der Waals surface area contributed by atoms with Crippen molar-refractivity contribution in [1.29, 1.82) is 0 Å². The van der Waals surface area contributed by atoms with Crippen molar-refractivity contribution in [2.45, 2.75) is 0 Å². The number of benzene rings is 8. The topological polar surface area (TPSA) is 43.6 Å². The maximum atomic E-state index is 5.20. The van der Waals surface area contributed by atoms with Crippen molar-refractivity contribution < 1.29 is 0 Å². The van der Waals surface area contributed by atoms with Crippen LogP contribution in [0.4, 0.5) is 0 Å². The fourth-order valence-corrected chi connectivity index (χ4v) is 7.40. The molecule has 4 heteroatoms. The number of rotatable bonds is 5. The molecule has 238 valence electrons. The van der Waals surface area contributed by atoms with Crippen LogP contribution in [-0.4, -0.2) is 19.5 Å². The zero-order chi connectivity index (χ0) is 33.7. The second-order valence-electron chi connectivity index (χ2n) is 12.9. The number of aromatic nitrogens is 4. The van der Waals surface area contributed by atoms with Gasteiger partial charge in [0.15, 0.2) is 17.5 Å². The molecule has 0 fully saturated rings. The summed E-state index contributed by atoms with van der Waals surface area (Å²) in [5.74, 6) is 1.92. The fourth-order valence-electron chi connectivity index (χ4n) is 7.40. The van der Waals surface area contributed by atoms with Crippen LogP contribution in [0.2, 0.25) is 0 Å². The zero-order valence-corrected chi connectivity index (χ0v) is 27.6. The van der Waals surface area contributed by atoms with Gasteiger partial charge in [0.1, 0.15) is 0 Å². The molecule has 0 atom stereocenters. The second-order valence-corrected chi connectivity index (χ2v) is 12.9. The highest BCUT2D eigenvalue weighted by Crippen LogP contribution is 2.37. The third-order valence-corrected chi connectivity index (χ3v) is 9.83. The molecule has 8 aromatic carbocycles. The van der Waals surface area contributed by atoms with Crippen molar-refractivity contribution in [3.8, 4) is 51.0 Å². The highest BCUT2D eigenvalue weighted by Gasteiger charge is 2.18. The first kappa shape index (κ1) is 29.0. The van der Waals surface area contributed by atoms with Crippen LogP contribution in [0.1, 0.15) is 0 Å². The molecule has 2 aromatic heterocycles. The number of fused-ring (bicyclic) bond motifs is 5. The summed E-state index contributed by atoms with van der Waals surface area (Å²) in [6, 6.07) is 63.9. The molecular weight excluding hydrogens is 621 g/mol. The van der Waals surface area contributed by atoms with E-state index in [1.54, 1.807) is 0 Å². The van der Waals surface area contributed by atoms with Crippen LogP contribution in [0.3, 0.4) is 0 Å².